The topological polar surface area (TPSA) is 136 Å². The summed E-state index contributed by atoms with van der Waals surface area (Å²) in [5, 5.41) is 0. The van der Waals surface area contributed by atoms with E-state index in [1.807, 2.05) is 44.2 Å². The molecule has 0 aliphatic heterocycles. The molecule has 0 saturated carbocycles. The SMILES string of the molecule is COCCN(C(=O)Cc1coc(-c2ccccc2)n1)c1c(N)n(CC(C)C)c(=O)[nH]c1=O. The first-order valence-corrected chi connectivity index (χ1v) is 10.2. The summed E-state index contributed by atoms with van der Waals surface area (Å²) in [6, 6.07) is 9.29. The Morgan fingerprint density at radius 1 is 1.28 bits per heavy atom. The number of nitrogens with zero attached hydrogens (tertiary/aromatic N) is 3. The third-order valence-corrected chi connectivity index (χ3v) is 4.76. The van der Waals surface area contributed by atoms with E-state index in [4.69, 9.17) is 14.9 Å². The second kappa shape index (κ2) is 10.1. The van der Waals surface area contributed by atoms with Gasteiger partial charge in [0.1, 0.15) is 12.1 Å². The number of amides is 1. The highest BCUT2D eigenvalue weighted by Crippen LogP contribution is 2.21. The number of nitrogen functional groups attached to an aromatic ring is 1. The largest absolute Gasteiger partial charge is 0.444 e. The van der Waals surface area contributed by atoms with Crippen LogP contribution in [0, 0.1) is 5.92 Å². The summed E-state index contributed by atoms with van der Waals surface area (Å²) in [6.07, 6.45) is 1.28. The van der Waals surface area contributed by atoms with Crippen LogP contribution < -0.4 is 21.9 Å². The maximum Gasteiger partial charge on any atom is 0.330 e. The molecule has 1 amide bonds. The van der Waals surface area contributed by atoms with E-state index in [2.05, 4.69) is 9.97 Å². The number of ether oxygens (including phenoxy) is 1. The summed E-state index contributed by atoms with van der Waals surface area (Å²) in [6.45, 7) is 4.37. The second-order valence-electron chi connectivity index (χ2n) is 7.72. The summed E-state index contributed by atoms with van der Waals surface area (Å²) in [5.74, 6) is -0.00737. The molecule has 2 aromatic heterocycles. The number of nitrogens with one attached hydrogen (secondary N) is 1. The number of benzene rings is 1. The zero-order chi connectivity index (χ0) is 23.3. The molecule has 1 aromatic carbocycles. The molecule has 0 radical (unpaired) electrons. The van der Waals surface area contributed by atoms with E-state index in [-0.39, 0.29) is 37.0 Å². The van der Waals surface area contributed by atoms with E-state index in [0.29, 0.717) is 18.1 Å². The lowest BCUT2D eigenvalue weighted by Gasteiger charge is -2.24. The lowest BCUT2D eigenvalue weighted by Crippen LogP contribution is -2.43. The van der Waals surface area contributed by atoms with Gasteiger partial charge in [-0.3, -0.25) is 19.1 Å². The van der Waals surface area contributed by atoms with Crippen LogP contribution in [0.4, 0.5) is 11.5 Å². The van der Waals surface area contributed by atoms with Gasteiger partial charge in [-0.05, 0) is 18.1 Å². The molecule has 32 heavy (non-hydrogen) atoms. The summed E-state index contributed by atoms with van der Waals surface area (Å²) in [4.78, 5) is 45.9. The Kier molecular flexibility index (Phi) is 7.26. The summed E-state index contributed by atoms with van der Waals surface area (Å²) in [5.41, 5.74) is 5.94. The molecule has 0 saturated heterocycles. The Bertz CT molecular complexity index is 1180. The zero-order valence-electron chi connectivity index (χ0n) is 18.3. The molecule has 2 heterocycles. The predicted molar refractivity (Wildman–Crippen MR) is 120 cm³/mol. The van der Waals surface area contributed by atoms with Crippen LogP contribution in [0.25, 0.3) is 11.5 Å². The third kappa shape index (κ3) is 5.14. The van der Waals surface area contributed by atoms with Crippen molar-refractivity contribution in [3.8, 4) is 11.5 Å². The van der Waals surface area contributed by atoms with Gasteiger partial charge in [0.15, 0.2) is 5.69 Å². The van der Waals surface area contributed by atoms with Crippen LogP contribution in [-0.4, -0.2) is 40.7 Å². The first-order valence-electron chi connectivity index (χ1n) is 10.2. The Balaban J connectivity index is 1.93. The highest BCUT2D eigenvalue weighted by atomic mass is 16.5. The van der Waals surface area contributed by atoms with Crippen molar-refractivity contribution >= 4 is 17.4 Å². The van der Waals surface area contributed by atoms with E-state index in [9.17, 15) is 14.4 Å². The first-order chi connectivity index (χ1) is 15.3. The maximum absolute atomic E-state index is 13.2. The number of hydrogen-bond acceptors (Lipinski definition) is 7. The number of aromatic amines is 1. The molecule has 10 heteroatoms. The molecule has 3 rings (SSSR count). The van der Waals surface area contributed by atoms with Crippen LogP contribution in [0.5, 0.6) is 0 Å². The smallest absolute Gasteiger partial charge is 0.330 e. The number of carbonyl (C=O) groups is 1. The van der Waals surface area contributed by atoms with Gasteiger partial charge in [0, 0.05) is 25.8 Å². The van der Waals surface area contributed by atoms with Gasteiger partial charge in [0.05, 0.1) is 18.7 Å². The van der Waals surface area contributed by atoms with E-state index in [1.54, 1.807) is 0 Å². The van der Waals surface area contributed by atoms with Crippen molar-refractivity contribution in [2.75, 3.05) is 30.9 Å². The Morgan fingerprint density at radius 3 is 2.66 bits per heavy atom. The van der Waals surface area contributed by atoms with E-state index in [1.165, 1.54) is 22.8 Å². The minimum atomic E-state index is -0.734. The van der Waals surface area contributed by atoms with Crippen LogP contribution in [0.1, 0.15) is 19.5 Å². The fourth-order valence-corrected chi connectivity index (χ4v) is 3.28. The van der Waals surface area contributed by atoms with Gasteiger partial charge in [-0.1, -0.05) is 32.0 Å². The Hall–Kier alpha value is -3.66. The molecule has 0 unspecified atom stereocenters. The van der Waals surface area contributed by atoms with Crippen molar-refractivity contribution in [1.29, 1.82) is 0 Å². The van der Waals surface area contributed by atoms with Gasteiger partial charge in [0.25, 0.3) is 5.56 Å². The average molecular weight is 441 g/mol. The molecule has 0 atom stereocenters. The highest BCUT2D eigenvalue weighted by molar-refractivity contribution is 5.96. The number of aromatic nitrogens is 3. The predicted octanol–water partition coefficient (Wildman–Crippen LogP) is 1.65. The molecule has 0 bridgehead atoms. The van der Waals surface area contributed by atoms with Crippen molar-refractivity contribution in [3.05, 3.63) is 63.1 Å². The van der Waals surface area contributed by atoms with E-state index >= 15 is 0 Å². The molecule has 0 aliphatic carbocycles. The lowest BCUT2D eigenvalue weighted by atomic mass is 10.2. The van der Waals surface area contributed by atoms with Crippen LogP contribution in [0.2, 0.25) is 0 Å². The normalized spacial score (nSPS) is 11.1. The van der Waals surface area contributed by atoms with Crippen molar-refractivity contribution in [1.82, 2.24) is 14.5 Å². The fraction of sp³-hybridized carbons (Fsp3) is 0.364. The van der Waals surface area contributed by atoms with Gasteiger partial charge in [-0.15, -0.1) is 0 Å². The monoisotopic (exact) mass is 441 g/mol. The van der Waals surface area contributed by atoms with Crippen molar-refractivity contribution < 1.29 is 13.9 Å². The standard InChI is InChI=1S/C22H27N5O5/c1-14(2)12-27-19(23)18(20(29)25-22(27)30)26(9-10-31-3)17(28)11-16-13-32-21(24-16)15-7-5-4-6-8-15/h4-8,13-14H,9-12,23H2,1-3H3,(H,25,29,30). The highest BCUT2D eigenvalue weighted by Gasteiger charge is 2.25. The number of anilines is 2. The quantitative estimate of drug-likeness (QED) is 0.515. The molecular formula is C22H27N5O5. The minimum absolute atomic E-state index is 0.0676. The summed E-state index contributed by atoms with van der Waals surface area (Å²) < 4.78 is 11.9. The molecule has 3 aromatic rings. The summed E-state index contributed by atoms with van der Waals surface area (Å²) >= 11 is 0. The second-order valence-corrected chi connectivity index (χ2v) is 7.72. The molecule has 0 spiro atoms. The van der Waals surface area contributed by atoms with Crippen LogP contribution in [-0.2, 0) is 22.5 Å². The Labute approximate surface area is 184 Å². The van der Waals surface area contributed by atoms with Crippen molar-refractivity contribution in [3.63, 3.8) is 0 Å². The first kappa shape index (κ1) is 23.0. The molecule has 170 valence electrons. The Morgan fingerprint density at radius 2 is 2.00 bits per heavy atom. The number of carbonyl (C=O) groups excluding carboxylic acids is 1. The van der Waals surface area contributed by atoms with Gasteiger partial charge in [-0.2, -0.15) is 0 Å². The van der Waals surface area contributed by atoms with Crippen LogP contribution in [0.3, 0.4) is 0 Å². The van der Waals surface area contributed by atoms with Crippen LogP contribution >= 0.6 is 0 Å². The number of methoxy groups -OCH3 is 1. The van der Waals surface area contributed by atoms with E-state index in [0.717, 1.165) is 5.56 Å². The average Bonchev–Trinajstić information content (AvgIpc) is 3.22. The molecule has 0 aliphatic rings. The number of hydrogen-bond donors (Lipinski definition) is 2. The third-order valence-electron chi connectivity index (χ3n) is 4.76. The van der Waals surface area contributed by atoms with Crippen LogP contribution in [0.15, 0.2) is 50.6 Å². The molecular weight excluding hydrogens is 414 g/mol. The van der Waals surface area contributed by atoms with E-state index < -0.39 is 17.2 Å². The lowest BCUT2D eigenvalue weighted by molar-refractivity contribution is -0.118. The number of rotatable bonds is 9. The summed E-state index contributed by atoms with van der Waals surface area (Å²) in [7, 11) is 1.49. The van der Waals surface area contributed by atoms with Gasteiger partial charge < -0.3 is 19.8 Å². The maximum atomic E-state index is 13.2. The van der Waals surface area contributed by atoms with Gasteiger partial charge >= 0.3 is 5.69 Å². The fourth-order valence-electron chi connectivity index (χ4n) is 3.28. The molecule has 10 nitrogen and oxygen atoms in total. The zero-order valence-corrected chi connectivity index (χ0v) is 18.3. The number of oxazole rings is 1. The van der Waals surface area contributed by atoms with Crippen molar-refractivity contribution in [2.45, 2.75) is 26.8 Å². The number of nitrogens with two attached hydrogens (primary N) is 1. The number of H-pyrrole nitrogens is 1. The van der Waals surface area contributed by atoms with Gasteiger partial charge in [0.2, 0.25) is 11.8 Å². The molecule has 3 N–H and O–H groups in total. The van der Waals surface area contributed by atoms with Gasteiger partial charge in [-0.25, -0.2) is 9.78 Å². The molecule has 0 fully saturated rings. The van der Waals surface area contributed by atoms with Crippen molar-refractivity contribution in [2.24, 2.45) is 5.92 Å². The minimum Gasteiger partial charge on any atom is -0.444 e.